The van der Waals surface area contributed by atoms with Gasteiger partial charge >= 0.3 is 0 Å². The molecular formula is C22H27NO2. The van der Waals surface area contributed by atoms with Crippen LogP contribution in [0.4, 0.5) is 0 Å². The molecule has 2 aromatic carbocycles. The summed E-state index contributed by atoms with van der Waals surface area (Å²) < 4.78 is 11.9. The Morgan fingerprint density at radius 2 is 1.16 bits per heavy atom. The highest BCUT2D eigenvalue weighted by Gasteiger charge is 2.23. The number of hydrogen-bond acceptors (Lipinski definition) is 3. The third-order valence-electron chi connectivity index (χ3n) is 5.35. The Kier molecular flexibility index (Phi) is 5.22. The molecule has 1 atom stereocenters. The van der Waals surface area contributed by atoms with E-state index in [1.54, 1.807) is 0 Å². The van der Waals surface area contributed by atoms with Crippen molar-refractivity contribution in [1.82, 2.24) is 4.90 Å². The fourth-order valence-electron chi connectivity index (χ4n) is 3.97. The van der Waals surface area contributed by atoms with Gasteiger partial charge in [0.05, 0.1) is 13.2 Å². The second-order valence-electron chi connectivity index (χ2n) is 7.07. The molecule has 0 spiro atoms. The van der Waals surface area contributed by atoms with Crippen LogP contribution in [0.1, 0.15) is 32.1 Å². The van der Waals surface area contributed by atoms with Crippen molar-refractivity contribution in [2.75, 3.05) is 26.3 Å². The van der Waals surface area contributed by atoms with Gasteiger partial charge in [-0.05, 0) is 74.0 Å². The van der Waals surface area contributed by atoms with Gasteiger partial charge < -0.3 is 14.4 Å². The molecule has 0 saturated carbocycles. The number of hydrogen-bond donors (Lipinski definition) is 0. The molecule has 132 valence electrons. The Labute approximate surface area is 150 Å². The maximum Gasteiger partial charge on any atom is 0.119 e. The molecule has 1 unspecified atom stereocenters. The minimum Gasteiger partial charge on any atom is -0.494 e. The topological polar surface area (TPSA) is 21.7 Å². The molecule has 25 heavy (non-hydrogen) atoms. The first-order chi connectivity index (χ1) is 12.4. The molecule has 0 amide bonds. The van der Waals surface area contributed by atoms with Crippen LogP contribution in [0.25, 0.3) is 11.1 Å². The minimum atomic E-state index is 0.726. The van der Waals surface area contributed by atoms with Crippen LogP contribution >= 0.6 is 0 Å². The third-order valence-corrected chi connectivity index (χ3v) is 5.35. The van der Waals surface area contributed by atoms with E-state index in [-0.39, 0.29) is 0 Å². The van der Waals surface area contributed by atoms with Gasteiger partial charge in [-0.25, -0.2) is 0 Å². The first-order valence-electron chi connectivity index (χ1n) is 9.59. The standard InChI is InChI=1S/C22H27NO2/c1-4-20-5-2-16-24-21-10-6-18(7-11-21)19-8-12-22(13-9-19)25-17-3-15-23(20)14-1/h6-13,20H,1-5,14-17H2. The van der Waals surface area contributed by atoms with E-state index >= 15 is 0 Å². The number of rotatable bonds is 0. The van der Waals surface area contributed by atoms with Crippen LogP contribution in [0.5, 0.6) is 11.5 Å². The van der Waals surface area contributed by atoms with Crippen molar-refractivity contribution in [2.45, 2.75) is 38.1 Å². The average Bonchev–Trinajstić information content (AvgIpc) is 3.10. The molecule has 4 heterocycles. The molecule has 0 N–H and O–H groups in total. The quantitative estimate of drug-likeness (QED) is 0.692. The largest absolute Gasteiger partial charge is 0.494 e. The average molecular weight is 337 g/mol. The van der Waals surface area contributed by atoms with Gasteiger partial charge in [0.1, 0.15) is 11.5 Å². The third kappa shape index (κ3) is 4.16. The molecule has 4 aliphatic rings. The summed E-state index contributed by atoms with van der Waals surface area (Å²) in [5, 5.41) is 0. The zero-order chi connectivity index (χ0) is 16.9. The van der Waals surface area contributed by atoms with Crippen LogP contribution in [0, 0.1) is 0 Å². The van der Waals surface area contributed by atoms with E-state index in [1.807, 2.05) is 0 Å². The fourth-order valence-corrected chi connectivity index (χ4v) is 3.97. The predicted molar refractivity (Wildman–Crippen MR) is 101 cm³/mol. The van der Waals surface area contributed by atoms with Crippen LogP contribution < -0.4 is 9.47 Å². The summed E-state index contributed by atoms with van der Waals surface area (Å²) in [6, 6.07) is 17.5. The lowest BCUT2D eigenvalue weighted by Gasteiger charge is -2.24. The number of benzene rings is 2. The summed E-state index contributed by atoms with van der Waals surface area (Å²) in [4.78, 5) is 2.64. The second-order valence-corrected chi connectivity index (χ2v) is 7.07. The number of nitrogens with zero attached hydrogens (tertiary/aromatic N) is 1. The Morgan fingerprint density at radius 1 is 0.640 bits per heavy atom. The van der Waals surface area contributed by atoms with Gasteiger partial charge in [-0.1, -0.05) is 24.3 Å². The van der Waals surface area contributed by atoms with E-state index in [0.29, 0.717) is 0 Å². The lowest BCUT2D eigenvalue weighted by atomic mass is 10.1. The summed E-state index contributed by atoms with van der Waals surface area (Å²) in [5.41, 5.74) is 2.42. The smallest absolute Gasteiger partial charge is 0.119 e. The van der Waals surface area contributed by atoms with Crippen LogP contribution in [0.2, 0.25) is 0 Å². The van der Waals surface area contributed by atoms with Gasteiger partial charge in [0, 0.05) is 12.6 Å². The van der Waals surface area contributed by atoms with Crippen molar-refractivity contribution in [1.29, 1.82) is 0 Å². The van der Waals surface area contributed by atoms with E-state index in [9.17, 15) is 0 Å². The van der Waals surface area contributed by atoms with Crippen molar-refractivity contribution in [3.63, 3.8) is 0 Å². The Bertz CT molecular complexity index is 606. The first kappa shape index (κ1) is 16.5. The van der Waals surface area contributed by atoms with E-state index in [0.717, 1.165) is 50.1 Å². The summed E-state index contributed by atoms with van der Waals surface area (Å²) >= 11 is 0. The molecule has 3 heteroatoms. The normalized spacial score (nSPS) is 21.8. The van der Waals surface area contributed by atoms with E-state index < -0.39 is 0 Å². The van der Waals surface area contributed by atoms with Crippen LogP contribution in [0.3, 0.4) is 0 Å². The first-order valence-corrected chi connectivity index (χ1v) is 9.59. The maximum absolute atomic E-state index is 5.94. The molecule has 2 aromatic rings. The maximum atomic E-state index is 5.94. The van der Waals surface area contributed by atoms with Crippen molar-refractivity contribution in [3.8, 4) is 22.6 Å². The predicted octanol–water partition coefficient (Wildman–Crippen LogP) is 4.76. The summed E-state index contributed by atoms with van der Waals surface area (Å²) in [7, 11) is 0. The minimum absolute atomic E-state index is 0.726. The Balaban J connectivity index is 1.49. The van der Waals surface area contributed by atoms with Gasteiger partial charge in [0.15, 0.2) is 0 Å². The Morgan fingerprint density at radius 3 is 1.80 bits per heavy atom. The zero-order valence-electron chi connectivity index (χ0n) is 14.8. The molecule has 0 aromatic heterocycles. The van der Waals surface area contributed by atoms with E-state index in [2.05, 4.69) is 53.4 Å². The zero-order valence-corrected chi connectivity index (χ0v) is 14.8. The monoisotopic (exact) mass is 337 g/mol. The molecule has 6 rings (SSSR count). The van der Waals surface area contributed by atoms with E-state index in [1.165, 1.54) is 36.9 Å². The molecule has 4 bridgehead atoms. The highest BCUT2D eigenvalue weighted by molar-refractivity contribution is 5.64. The molecule has 1 saturated heterocycles. The van der Waals surface area contributed by atoms with Gasteiger partial charge in [0.2, 0.25) is 0 Å². The van der Waals surface area contributed by atoms with Crippen molar-refractivity contribution in [3.05, 3.63) is 48.5 Å². The summed E-state index contributed by atoms with van der Waals surface area (Å²) in [6.45, 7) is 3.98. The van der Waals surface area contributed by atoms with Gasteiger partial charge in [-0.2, -0.15) is 0 Å². The molecule has 3 nitrogen and oxygen atoms in total. The second kappa shape index (κ2) is 7.92. The van der Waals surface area contributed by atoms with E-state index in [4.69, 9.17) is 9.47 Å². The van der Waals surface area contributed by atoms with Crippen molar-refractivity contribution in [2.24, 2.45) is 0 Å². The van der Waals surface area contributed by atoms with Crippen LogP contribution in [0.15, 0.2) is 48.5 Å². The molecular weight excluding hydrogens is 310 g/mol. The van der Waals surface area contributed by atoms with Crippen molar-refractivity contribution >= 4 is 0 Å². The molecule has 0 aliphatic carbocycles. The lowest BCUT2D eigenvalue weighted by molar-refractivity contribution is 0.202. The highest BCUT2D eigenvalue weighted by atomic mass is 16.5. The fraction of sp³-hybridized carbons (Fsp3) is 0.455. The van der Waals surface area contributed by atoms with Crippen LogP contribution in [-0.2, 0) is 0 Å². The van der Waals surface area contributed by atoms with Crippen molar-refractivity contribution < 1.29 is 9.47 Å². The molecule has 0 radical (unpaired) electrons. The summed E-state index contributed by atoms with van der Waals surface area (Å²) in [5.74, 6) is 1.93. The number of ether oxygens (including phenoxy) is 2. The Hall–Kier alpha value is -2.00. The van der Waals surface area contributed by atoms with Gasteiger partial charge in [-0.15, -0.1) is 0 Å². The molecule has 4 aliphatic heterocycles. The number of fused-ring (bicyclic) bond motifs is 2. The SMILES string of the molecule is c1cc2ccc1OCCCC1CCCN1CCCOc1ccc-2cc1. The lowest BCUT2D eigenvalue weighted by Crippen LogP contribution is -2.31. The van der Waals surface area contributed by atoms with Gasteiger partial charge in [-0.3, -0.25) is 0 Å². The summed E-state index contributed by atoms with van der Waals surface area (Å²) in [6.07, 6.45) is 6.11. The molecule has 1 fully saturated rings. The van der Waals surface area contributed by atoms with Crippen LogP contribution in [-0.4, -0.2) is 37.2 Å². The van der Waals surface area contributed by atoms with Gasteiger partial charge in [0.25, 0.3) is 0 Å². The highest BCUT2D eigenvalue weighted by Crippen LogP contribution is 2.26.